The van der Waals surface area contributed by atoms with Gasteiger partial charge in [-0.2, -0.15) is 0 Å². The average molecular weight is 487 g/mol. The first-order chi connectivity index (χ1) is 17.5. The van der Waals surface area contributed by atoms with Crippen molar-refractivity contribution >= 4 is 33.6 Å². The highest BCUT2D eigenvalue weighted by Gasteiger charge is 2.23. The average Bonchev–Trinajstić information content (AvgIpc) is 3.27. The van der Waals surface area contributed by atoms with E-state index < -0.39 is 5.91 Å². The third-order valence-corrected chi connectivity index (χ3v) is 6.98. The van der Waals surface area contributed by atoms with E-state index in [4.69, 9.17) is 10.5 Å². The molecule has 0 unspecified atom stereocenters. The molecule has 1 aliphatic heterocycles. The van der Waals surface area contributed by atoms with Gasteiger partial charge >= 0.3 is 0 Å². The lowest BCUT2D eigenvalue weighted by molar-refractivity contribution is 0.0904. The number of fused-ring (bicyclic) bond motifs is 3. The number of aliphatic hydroxyl groups excluding tert-OH is 1. The minimum Gasteiger partial charge on any atom is -0.497 e. The molecule has 3 aromatic carbocycles. The van der Waals surface area contributed by atoms with Crippen LogP contribution in [0.15, 0.2) is 54.6 Å². The van der Waals surface area contributed by atoms with Crippen molar-refractivity contribution in [3.05, 3.63) is 65.7 Å². The van der Waals surface area contributed by atoms with Gasteiger partial charge in [0.1, 0.15) is 5.75 Å². The van der Waals surface area contributed by atoms with Crippen LogP contribution >= 0.6 is 0 Å². The van der Waals surface area contributed by atoms with Gasteiger partial charge in [-0.25, -0.2) is 0 Å². The molecule has 1 aromatic heterocycles. The molecule has 2 amide bonds. The first-order valence-corrected chi connectivity index (χ1v) is 12.1. The minimum absolute atomic E-state index is 0.0637. The Morgan fingerprint density at radius 1 is 1.08 bits per heavy atom. The second kappa shape index (κ2) is 10.0. The van der Waals surface area contributed by atoms with E-state index in [0.717, 1.165) is 59.1 Å². The van der Waals surface area contributed by atoms with Gasteiger partial charge in [0.05, 0.1) is 24.8 Å². The molecule has 4 aromatic rings. The van der Waals surface area contributed by atoms with Crippen molar-refractivity contribution in [1.82, 2.24) is 15.2 Å². The molecule has 5 N–H and O–H groups in total. The highest BCUT2D eigenvalue weighted by molar-refractivity contribution is 6.17. The SMILES string of the molecule is COc1cccc(-c2cc(C(=O)NC3CCN(CCO)CC3)c3[nH]c4cc(C(N)=O)ccc4c3c2)c1. The Morgan fingerprint density at radius 2 is 1.89 bits per heavy atom. The van der Waals surface area contributed by atoms with E-state index in [0.29, 0.717) is 23.2 Å². The van der Waals surface area contributed by atoms with Crippen molar-refractivity contribution in [2.75, 3.05) is 33.4 Å². The largest absolute Gasteiger partial charge is 0.497 e. The van der Waals surface area contributed by atoms with E-state index in [1.54, 1.807) is 19.2 Å². The summed E-state index contributed by atoms with van der Waals surface area (Å²) in [7, 11) is 1.63. The second-order valence-electron chi connectivity index (χ2n) is 9.24. The molecule has 0 radical (unpaired) electrons. The third kappa shape index (κ3) is 4.65. The topological polar surface area (TPSA) is 121 Å². The monoisotopic (exact) mass is 486 g/mol. The van der Waals surface area contributed by atoms with Gasteiger partial charge < -0.3 is 30.8 Å². The number of hydrogen-bond donors (Lipinski definition) is 4. The van der Waals surface area contributed by atoms with E-state index >= 15 is 0 Å². The summed E-state index contributed by atoms with van der Waals surface area (Å²) >= 11 is 0. The number of ether oxygens (including phenoxy) is 1. The maximum atomic E-state index is 13.6. The van der Waals surface area contributed by atoms with E-state index in [1.807, 2.05) is 36.4 Å². The highest BCUT2D eigenvalue weighted by Crippen LogP contribution is 2.34. The Balaban J connectivity index is 1.57. The zero-order valence-electron chi connectivity index (χ0n) is 20.2. The zero-order chi connectivity index (χ0) is 25.2. The number of hydrogen-bond acceptors (Lipinski definition) is 5. The van der Waals surface area contributed by atoms with Crippen LogP contribution in [0.5, 0.6) is 5.75 Å². The number of aromatic nitrogens is 1. The first-order valence-electron chi connectivity index (χ1n) is 12.1. The number of β-amino-alcohol motifs (C(OH)–C–C–N with tert-alkyl or cyclic N) is 1. The zero-order valence-corrected chi connectivity index (χ0v) is 20.2. The van der Waals surface area contributed by atoms with Gasteiger partial charge in [0.2, 0.25) is 5.91 Å². The number of H-pyrrole nitrogens is 1. The lowest BCUT2D eigenvalue weighted by Crippen LogP contribution is -2.45. The number of carbonyl (C=O) groups is 2. The number of carbonyl (C=O) groups excluding carboxylic acids is 2. The number of nitrogens with zero attached hydrogens (tertiary/aromatic N) is 1. The molecule has 1 aliphatic rings. The highest BCUT2D eigenvalue weighted by atomic mass is 16.5. The molecule has 186 valence electrons. The molecular weight excluding hydrogens is 456 g/mol. The van der Waals surface area contributed by atoms with E-state index in [-0.39, 0.29) is 18.6 Å². The van der Waals surface area contributed by atoms with Gasteiger partial charge in [0.25, 0.3) is 5.91 Å². The number of piperidine rings is 1. The fourth-order valence-electron chi connectivity index (χ4n) is 5.01. The summed E-state index contributed by atoms with van der Waals surface area (Å²) in [6.45, 7) is 2.48. The summed E-state index contributed by atoms with van der Waals surface area (Å²) in [4.78, 5) is 30.9. The number of aliphatic hydroxyl groups is 1. The Morgan fingerprint density at radius 3 is 2.61 bits per heavy atom. The number of methoxy groups -OCH3 is 1. The molecule has 8 nitrogen and oxygen atoms in total. The molecule has 36 heavy (non-hydrogen) atoms. The van der Waals surface area contributed by atoms with E-state index in [1.165, 1.54) is 0 Å². The molecule has 2 heterocycles. The molecular formula is C28H30N4O4. The molecule has 5 rings (SSSR count). The Labute approximate surface area is 209 Å². The van der Waals surface area contributed by atoms with Gasteiger partial charge in [-0.1, -0.05) is 18.2 Å². The number of likely N-dealkylation sites (tertiary alicyclic amines) is 1. The molecule has 0 bridgehead atoms. The molecule has 0 spiro atoms. The predicted molar refractivity (Wildman–Crippen MR) is 140 cm³/mol. The van der Waals surface area contributed by atoms with Gasteiger partial charge in [-0.15, -0.1) is 0 Å². The maximum absolute atomic E-state index is 13.6. The van der Waals surface area contributed by atoms with Crippen molar-refractivity contribution in [2.24, 2.45) is 5.73 Å². The fourth-order valence-corrected chi connectivity index (χ4v) is 5.01. The fraction of sp³-hybridized carbons (Fsp3) is 0.286. The smallest absolute Gasteiger partial charge is 0.253 e. The van der Waals surface area contributed by atoms with Crippen molar-refractivity contribution in [2.45, 2.75) is 18.9 Å². The van der Waals surface area contributed by atoms with Crippen molar-refractivity contribution in [3.63, 3.8) is 0 Å². The summed E-state index contributed by atoms with van der Waals surface area (Å²) in [6.07, 6.45) is 1.66. The molecule has 8 heteroatoms. The van der Waals surface area contributed by atoms with Crippen molar-refractivity contribution in [1.29, 1.82) is 0 Å². The van der Waals surface area contributed by atoms with E-state index in [2.05, 4.69) is 21.3 Å². The van der Waals surface area contributed by atoms with Crippen LogP contribution in [0.4, 0.5) is 0 Å². The molecule has 0 atom stereocenters. The molecule has 0 saturated carbocycles. The second-order valence-corrected chi connectivity index (χ2v) is 9.24. The van der Waals surface area contributed by atoms with Crippen LogP contribution < -0.4 is 15.8 Å². The number of rotatable bonds is 7. The van der Waals surface area contributed by atoms with Gasteiger partial charge in [0.15, 0.2) is 0 Å². The number of primary amides is 1. The minimum atomic E-state index is -0.502. The Kier molecular flexibility index (Phi) is 6.63. The number of benzene rings is 3. The predicted octanol–water partition coefficient (Wildman–Crippen LogP) is 3.28. The summed E-state index contributed by atoms with van der Waals surface area (Å²) < 4.78 is 5.41. The van der Waals surface area contributed by atoms with Gasteiger partial charge in [-0.05, 0) is 60.4 Å². The molecule has 0 aliphatic carbocycles. The first kappa shape index (κ1) is 23.8. The number of aromatic amines is 1. The van der Waals surface area contributed by atoms with Crippen LogP contribution in [-0.4, -0.2) is 66.2 Å². The lowest BCUT2D eigenvalue weighted by Gasteiger charge is -2.31. The van der Waals surface area contributed by atoms with Crippen LogP contribution in [0.3, 0.4) is 0 Å². The number of nitrogens with two attached hydrogens (primary N) is 1. The van der Waals surface area contributed by atoms with Crippen molar-refractivity contribution < 1.29 is 19.4 Å². The normalized spacial score (nSPS) is 14.8. The summed E-state index contributed by atoms with van der Waals surface area (Å²) in [5.41, 5.74) is 9.73. The third-order valence-electron chi connectivity index (χ3n) is 6.98. The lowest BCUT2D eigenvalue weighted by atomic mass is 9.97. The Hall–Kier alpha value is -3.88. The Bertz CT molecular complexity index is 1440. The summed E-state index contributed by atoms with van der Waals surface area (Å²) in [5.74, 6) is 0.0865. The molecule has 1 fully saturated rings. The molecule has 1 saturated heterocycles. The van der Waals surface area contributed by atoms with Crippen LogP contribution in [0.2, 0.25) is 0 Å². The van der Waals surface area contributed by atoms with Gasteiger partial charge in [0, 0.05) is 47.5 Å². The van der Waals surface area contributed by atoms with Crippen LogP contribution in [0.25, 0.3) is 32.9 Å². The van der Waals surface area contributed by atoms with Crippen LogP contribution in [0.1, 0.15) is 33.6 Å². The van der Waals surface area contributed by atoms with Gasteiger partial charge in [-0.3, -0.25) is 9.59 Å². The summed E-state index contributed by atoms with van der Waals surface area (Å²) in [6, 6.07) is 17.0. The number of nitrogens with one attached hydrogen (secondary N) is 2. The van der Waals surface area contributed by atoms with E-state index in [9.17, 15) is 14.7 Å². The summed E-state index contributed by atoms with van der Waals surface area (Å²) in [5, 5.41) is 14.2. The van der Waals surface area contributed by atoms with Crippen LogP contribution in [0, 0.1) is 0 Å². The van der Waals surface area contributed by atoms with Crippen LogP contribution in [-0.2, 0) is 0 Å². The quantitative estimate of drug-likeness (QED) is 0.320. The standard InChI is InChI=1S/C28H30N4O4/c1-36-21-4-2-3-17(13-21)19-14-23-22-6-5-18(27(29)34)16-25(22)31-26(23)24(15-19)28(35)30-20-7-9-32(10-8-20)11-12-33/h2-6,13-16,20,31,33H,7-12H2,1H3,(H2,29,34)(H,30,35). The maximum Gasteiger partial charge on any atom is 0.253 e. The van der Waals surface area contributed by atoms with Crippen molar-refractivity contribution in [3.8, 4) is 16.9 Å². The number of amides is 2.